The van der Waals surface area contributed by atoms with E-state index in [0.717, 1.165) is 0 Å². The molecule has 19 heavy (non-hydrogen) atoms. The molecule has 1 aromatic carbocycles. The van der Waals surface area contributed by atoms with Crippen molar-refractivity contribution in [1.29, 1.82) is 0 Å². The van der Waals surface area contributed by atoms with E-state index in [0.29, 0.717) is 10.0 Å². The predicted molar refractivity (Wildman–Crippen MR) is 82.7 cm³/mol. The second-order valence-corrected chi connectivity index (χ2v) is 4.35. The molecule has 1 aromatic rings. The standard InChI is InChI=1S/C9H9BrClNO3.2C2H6/c10-4-1-5(7(12)3-8(13)14)9(15)6(11)2-4;2*1-2/h1-2,7,15H,3,12H2,(H,13,14);2*1-2H3. The number of hydrogen-bond acceptors (Lipinski definition) is 3. The van der Waals surface area contributed by atoms with Gasteiger partial charge in [-0.3, -0.25) is 4.79 Å². The molecule has 4 N–H and O–H groups in total. The lowest BCUT2D eigenvalue weighted by Crippen LogP contribution is -2.15. The highest BCUT2D eigenvalue weighted by molar-refractivity contribution is 9.10. The van der Waals surface area contributed by atoms with Crippen LogP contribution in [0.1, 0.15) is 45.7 Å². The number of carboxylic acid groups (broad SMARTS) is 1. The first-order valence-electron chi connectivity index (χ1n) is 6.07. The fourth-order valence-electron chi connectivity index (χ4n) is 1.17. The summed E-state index contributed by atoms with van der Waals surface area (Å²) in [6.07, 6.45) is -0.264. The Kier molecular flexibility index (Phi) is 12.0. The Bertz CT molecular complexity index is 400. The summed E-state index contributed by atoms with van der Waals surface area (Å²) in [5, 5.41) is 18.3. The third kappa shape index (κ3) is 7.40. The van der Waals surface area contributed by atoms with Crippen molar-refractivity contribution in [2.24, 2.45) is 5.73 Å². The van der Waals surface area contributed by atoms with Gasteiger partial charge in [0, 0.05) is 16.1 Å². The molecule has 0 aromatic heterocycles. The Labute approximate surface area is 127 Å². The summed E-state index contributed by atoms with van der Waals surface area (Å²) >= 11 is 8.90. The number of halogens is 2. The summed E-state index contributed by atoms with van der Waals surface area (Å²) < 4.78 is 0.640. The van der Waals surface area contributed by atoms with Crippen LogP contribution in [0, 0.1) is 0 Å². The molecular formula is C13H21BrClNO3. The minimum atomic E-state index is -1.03. The number of aromatic hydroxyl groups is 1. The summed E-state index contributed by atoms with van der Waals surface area (Å²) in [5.74, 6) is -1.20. The normalized spacial score (nSPS) is 10.5. The molecule has 4 nitrogen and oxygen atoms in total. The summed E-state index contributed by atoms with van der Waals surface area (Å²) in [5.41, 5.74) is 5.93. The minimum Gasteiger partial charge on any atom is -0.506 e. The zero-order valence-corrected chi connectivity index (χ0v) is 13.9. The highest BCUT2D eigenvalue weighted by Crippen LogP contribution is 2.35. The van der Waals surface area contributed by atoms with Gasteiger partial charge < -0.3 is 15.9 Å². The number of benzene rings is 1. The third-order valence-electron chi connectivity index (χ3n) is 1.85. The largest absolute Gasteiger partial charge is 0.506 e. The number of phenolic OH excluding ortho intramolecular Hbond substituents is 1. The molecule has 6 heteroatoms. The van der Waals surface area contributed by atoms with E-state index < -0.39 is 12.0 Å². The molecule has 0 saturated heterocycles. The fraction of sp³-hybridized carbons (Fsp3) is 0.462. The molecule has 0 amide bonds. The second kappa shape index (κ2) is 11.1. The number of phenols is 1. The first kappa shape index (κ1) is 20.5. The molecule has 0 aliphatic rings. The van der Waals surface area contributed by atoms with Gasteiger partial charge in [0.2, 0.25) is 0 Å². The lowest BCUT2D eigenvalue weighted by atomic mass is 10.0. The lowest BCUT2D eigenvalue weighted by molar-refractivity contribution is -0.137. The maximum absolute atomic E-state index is 10.5. The number of nitrogens with two attached hydrogens (primary N) is 1. The average molecular weight is 355 g/mol. The molecule has 1 unspecified atom stereocenters. The van der Waals surface area contributed by atoms with Crippen LogP contribution in [0.5, 0.6) is 5.75 Å². The van der Waals surface area contributed by atoms with Gasteiger partial charge in [0.25, 0.3) is 0 Å². The number of hydrogen-bond donors (Lipinski definition) is 3. The number of carboxylic acids is 1. The van der Waals surface area contributed by atoms with Crippen molar-refractivity contribution in [3.05, 3.63) is 27.2 Å². The predicted octanol–water partition coefficient (Wildman–Crippen LogP) is 4.34. The molecule has 0 spiro atoms. The van der Waals surface area contributed by atoms with Crippen LogP contribution in [0.2, 0.25) is 5.02 Å². The molecule has 0 aliphatic heterocycles. The Morgan fingerprint density at radius 1 is 1.37 bits per heavy atom. The van der Waals surface area contributed by atoms with E-state index >= 15 is 0 Å². The van der Waals surface area contributed by atoms with Crippen LogP contribution < -0.4 is 5.73 Å². The quantitative estimate of drug-likeness (QED) is 0.754. The summed E-state index contributed by atoms with van der Waals surface area (Å²) in [6.45, 7) is 8.00. The molecule has 0 fully saturated rings. The Morgan fingerprint density at radius 3 is 2.26 bits per heavy atom. The van der Waals surface area contributed by atoms with Crippen LogP contribution >= 0.6 is 27.5 Å². The highest BCUT2D eigenvalue weighted by atomic mass is 79.9. The SMILES string of the molecule is CC.CC.NC(CC(=O)O)c1cc(Br)cc(Cl)c1O. The van der Waals surface area contributed by atoms with Crippen molar-refractivity contribution >= 4 is 33.5 Å². The van der Waals surface area contributed by atoms with Crippen LogP contribution in [0.25, 0.3) is 0 Å². The van der Waals surface area contributed by atoms with E-state index in [4.69, 9.17) is 22.4 Å². The van der Waals surface area contributed by atoms with Gasteiger partial charge in [-0.05, 0) is 12.1 Å². The zero-order chi connectivity index (χ0) is 15.6. The smallest absolute Gasteiger partial charge is 0.305 e. The molecule has 1 rings (SSSR count). The lowest BCUT2D eigenvalue weighted by Gasteiger charge is -2.12. The van der Waals surface area contributed by atoms with E-state index in [1.807, 2.05) is 27.7 Å². The molecule has 0 heterocycles. The average Bonchev–Trinajstić information content (AvgIpc) is 2.37. The van der Waals surface area contributed by atoms with E-state index in [2.05, 4.69) is 15.9 Å². The van der Waals surface area contributed by atoms with Gasteiger partial charge in [-0.2, -0.15) is 0 Å². The first-order chi connectivity index (χ1) is 8.91. The van der Waals surface area contributed by atoms with Crippen LogP contribution in [-0.2, 0) is 4.79 Å². The van der Waals surface area contributed by atoms with Crippen molar-refractivity contribution in [2.45, 2.75) is 40.2 Å². The van der Waals surface area contributed by atoms with Crippen LogP contribution in [0.3, 0.4) is 0 Å². The van der Waals surface area contributed by atoms with Gasteiger partial charge in [-0.1, -0.05) is 55.2 Å². The van der Waals surface area contributed by atoms with Crippen molar-refractivity contribution in [2.75, 3.05) is 0 Å². The minimum absolute atomic E-state index is 0.139. The first-order valence-corrected chi connectivity index (χ1v) is 7.24. The van der Waals surface area contributed by atoms with Gasteiger partial charge in [-0.15, -0.1) is 0 Å². The summed E-state index contributed by atoms with van der Waals surface area (Å²) in [6, 6.07) is 2.28. The molecule has 0 radical (unpaired) electrons. The summed E-state index contributed by atoms with van der Waals surface area (Å²) in [7, 11) is 0. The number of carbonyl (C=O) groups is 1. The second-order valence-electron chi connectivity index (χ2n) is 3.03. The van der Waals surface area contributed by atoms with Crippen molar-refractivity contribution < 1.29 is 15.0 Å². The van der Waals surface area contributed by atoms with E-state index in [1.165, 1.54) is 6.07 Å². The van der Waals surface area contributed by atoms with Crippen molar-refractivity contribution in [3.8, 4) is 5.75 Å². The maximum atomic E-state index is 10.5. The number of rotatable bonds is 3. The van der Waals surface area contributed by atoms with Crippen LogP contribution in [0.4, 0.5) is 0 Å². The zero-order valence-electron chi connectivity index (χ0n) is 11.6. The molecule has 0 aliphatic carbocycles. The molecule has 0 bridgehead atoms. The highest BCUT2D eigenvalue weighted by Gasteiger charge is 2.17. The van der Waals surface area contributed by atoms with Gasteiger partial charge in [0.05, 0.1) is 11.4 Å². The van der Waals surface area contributed by atoms with Gasteiger partial charge in [0.15, 0.2) is 0 Å². The molecular weight excluding hydrogens is 334 g/mol. The Balaban J connectivity index is 0. The number of aliphatic carboxylic acids is 1. The van der Waals surface area contributed by atoms with Gasteiger partial charge in [-0.25, -0.2) is 0 Å². The van der Waals surface area contributed by atoms with Gasteiger partial charge in [0.1, 0.15) is 5.75 Å². The van der Waals surface area contributed by atoms with Crippen molar-refractivity contribution in [3.63, 3.8) is 0 Å². The molecule has 110 valence electrons. The van der Waals surface area contributed by atoms with Crippen LogP contribution in [-0.4, -0.2) is 16.2 Å². The van der Waals surface area contributed by atoms with E-state index in [9.17, 15) is 9.90 Å². The fourth-order valence-corrected chi connectivity index (χ4v) is 2.00. The maximum Gasteiger partial charge on any atom is 0.305 e. The summed E-state index contributed by atoms with van der Waals surface area (Å²) in [4.78, 5) is 10.5. The monoisotopic (exact) mass is 353 g/mol. The van der Waals surface area contributed by atoms with E-state index in [-0.39, 0.29) is 17.2 Å². The third-order valence-corrected chi connectivity index (χ3v) is 2.60. The van der Waals surface area contributed by atoms with Crippen molar-refractivity contribution in [1.82, 2.24) is 0 Å². The van der Waals surface area contributed by atoms with Crippen LogP contribution in [0.15, 0.2) is 16.6 Å². The topological polar surface area (TPSA) is 83.6 Å². The Morgan fingerprint density at radius 2 is 1.84 bits per heavy atom. The Hall–Kier alpha value is -0.780. The van der Waals surface area contributed by atoms with Gasteiger partial charge >= 0.3 is 5.97 Å². The molecule has 0 saturated carbocycles. The van der Waals surface area contributed by atoms with E-state index in [1.54, 1.807) is 6.07 Å². The molecule has 1 atom stereocenters.